The Morgan fingerprint density at radius 1 is 1.62 bits per heavy atom. The van der Waals surface area contributed by atoms with E-state index in [1.807, 2.05) is 20.8 Å². The minimum absolute atomic E-state index is 0.0126. The van der Waals surface area contributed by atoms with Crippen molar-refractivity contribution in [2.45, 2.75) is 27.2 Å². The largest absolute Gasteiger partial charge is 0.300 e. The third kappa shape index (κ3) is 2.77. The molecule has 0 saturated carbocycles. The predicted molar refractivity (Wildman–Crippen MR) is 52.7 cm³/mol. The molecule has 0 aromatic carbocycles. The van der Waals surface area contributed by atoms with Crippen LogP contribution in [0.3, 0.4) is 0 Å². The summed E-state index contributed by atoms with van der Waals surface area (Å²) < 4.78 is 0. The van der Waals surface area contributed by atoms with Crippen molar-refractivity contribution in [2.24, 2.45) is 5.92 Å². The lowest BCUT2D eigenvalue weighted by Gasteiger charge is -2.05. The quantitative estimate of drug-likeness (QED) is 0.808. The van der Waals surface area contributed by atoms with Crippen LogP contribution in [0.5, 0.6) is 0 Å². The van der Waals surface area contributed by atoms with E-state index in [-0.39, 0.29) is 11.8 Å². The van der Waals surface area contributed by atoms with Crippen molar-refractivity contribution < 1.29 is 4.79 Å². The maximum absolute atomic E-state index is 11.4. The average Bonchev–Trinajstić information content (AvgIpc) is 2.49. The molecule has 1 rings (SSSR count). The second kappa shape index (κ2) is 4.32. The Morgan fingerprint density at radius 2 is 2.31 bits per heavy atom. The van der Waals surface area contributed by atoms with Crippen LogP contribution in [0.2, 0.25) is 0 Å². The molecule has 1 atom stereocenters. The van der Waals surface area contributed by atoms with Crippen molar-refractivity contribution in [3.63, 3.8) is 0 Å². The zero-order valence-corrected chi connectivity index (χ0v) is 8.81. The number of nitrogens with zero attached hydrogens (tertiary/aromatic N) is 2. The Hall–Kier alpha value is -0.970. The number of aromatic nitrogens is 2. The van der Waals surface area contributed by atoms with Crippen molar-refractivity contribution in [3.8, 4) is 0 Å². The Labute approximate surface area is 81.4 Å². The molecule has 0 bridgehead atoms. The molecule has 1 heterocycles. The second-order valence-electron chi connectivity index (χ2n) is 2.92. The number of anilines is 1. The second-order valence-corrected chi connectivity index (χ2v) is 4.11. The van der Waals surface area contributed by atoms with Gasteiger partial charge in [-0.15, -0.1) is 10.2 Å². The van der Waals surface area contributed by atoms with Gasteiger partial charge in [0, 0.05) is 5.92 Å². The van der Waals surface area contributed by atoms with Crippen LogP contribution in [-0.4, -0.2) is 16.1 Å². The van der Waals surface area contributed by atoms with Gasteiger partial charge in [0.1, 0.15) is 5.01 Å². The van der Waals surface area contributed by atoms with Crippen LogP contribution in [0, 0.1) is 12.8 Å². The normalized spacial score (nSPS) is 12.5. The number of carbonyl (C=O) groups excluding carboxylic acids is 1. The van der Waals surface area contributed by atoms with E-state index in [1.165, 1.54) is 11.3 Å². The maximum atomic E-state index is 11.4. The van der Waals surface area contributed by atoms with E-state index >= 15 is 0 Å². The SMILES string of the molecule is CC[C@H](C)C(=O)Nc1nnc(C)s1. The third-order valence-corrected chi connectivity index (χ3v) is 2.57. The van der Waals surface area contributed by atoms with Gasteiger partial charge >= 0.3 is 0 Å². The highest BCUT2D eigenvalue weighted by molar-refractivity contribution is 7.15. The summed E-state index contributed by atoms with van der Waals surface area (Å²) in [5.74, 6) is 0.0443. The molecule has 0 aliphatic heterocycles. The van der Waals surface area contributed by atoms with E-state index < -0.39 is 0 Å². The molecule has 1 N–H and O–H groups in total. The topological polar surface area (TPSA) is 54.9 Å². The number of nitrogens with one attached hydrogen (secondary N) is 1. The number of hydrogen-bond donors (Lipinski definition) is 1. The van der Waals surface area contributed by atoms with Gasteiger partial charge in [0.2, 0.25) is 11.0 Å². The fourth-order valence-corrected chi connectivity index (χ4v) is 1.36. The highest BCUT2D eigenvalue weighted by Gasteiger charge is 2.12. The van der Waals surface area contributed by atoms with E-state index in [0.29, 0.717) is 5.13 Å². The van der Waals surface area contributed by atoms with Gasteiger partial charge in [0.05, 0.1) is 0 Å². The van der Waals surface area contributed by atoms with Gasteiger partial charge in [-0.2, -0.15) is 0 Å². The minimum Gasteiger partial charge on any atom is -0.300 e. The first kappa shape index (κ1) is 10.1. The van der Waals surface area contributed by atoms with Gasteiger partial charge in [-0.1, -0.05) is 25.2 Å². The van der Waals surface area contributed by atoms with E-state index in [2.05, 4.69) is 15.5 Å². The molecule has 72 valence electrons. The predicted octanol–water partition coefficient (Wildman–Crippen LogP) is 1.83. The van der Waals surface area contributed by atoms with E-state index in [1.54, 1.807) is 0 Å². The first-order valence-corrected chi connectivity index (χ1v) is 5.06. The first-order chi connectivity index (χ1) is 6.13. The molecule has 0 unspecified atom stereocenters. The molecule has 4 nitrogen and oxygen atoms in total. The summed E-state index contributed by atoms with van der Waals surface area (Å²) in [6.07, 6.45) is 0.837. The van der Waals surface area contributed by atoms with Crippen LogP contribution in [0.4, 0.5) is 5.13 Å². The summed E-state index contributed by atoms with van der Waals surface area (Å²) in [4.78, 5) is 11.4. The molecule has 0 radical (unpaired) electrons. The van der Waals surface area contributed by atoms with Crippen molar-refractivity contribution in [1.29, 1.82) is 0 Å². The number of rotatable bonds is 3. The van der Waals surface area contributed by atoms with Gasteiger partial charge in [-0.25, -0.2) is 0 Å². The zero-order valence-electron chi connectivity index (χ0n) is 8.00. The number of hydrogen-bond acceptors (Lipinski definition) is 4. The van der Waals surface area contributed by atoms with Crippen LogP contribution < -0.4 is 5.32 Å². The summed E-state index contributed by atoms with van der Waals surface area (Å²) in [6, 6.07) is 0. The Kier molecular flexibility index (Phi) is 3.36. The number of amides is 1. The zero-order chi connectivity index (χ0) is 9.84. The first-order valence-electron chi connectivity index (χ1n) is 4.24. The van der Waals surface area contributed by atoms with Crippen LogP contribution in [0.1, 0.15) is 25.3 Å². The summed E-state index contributed by atoms with van der Waals surface area (Å²) in [5.41, 5.74) is 0. The number of aryl methyl sites for hydroxylation is 1. The summed E-state index contributed by atoms with van der Waals surface area (Å²) >= 11 is 1.39. The summed E-state index contributed by atoms with van der Waals surface area (Å²) in [6.45, 7) is 5.73. The molecular formula is C8H13N3OS. The number of carbonyl (C=O) groups is 1. The smallest absolute Gasteiger partial charge is 0.229 e. The molecular weight excluding hydrogens is 186 g/mol. The van der Waals surface area contributed by atoms with Gasteiger partial charge in [0.15, 0.2) is 0 Å². The van der Waals surface area contributed by atoms with Crippen LogP contribution in [-0.2, 0) is 4.79 Å². The molecule has 1 aromatic rings. The van der Waals surface area contributed by atoms with Gasteiger partial charge in [-0.05, 0) is 13.3 Å². The highest BCUT2D eigenvalue weighted by atomic mass is 32.1. The van der Waals surface area contributed by atoms with Gasteiger partial charge in [0.25, 0.3) is 0 Å². The fourth-order valence-electron chi connectivity index (χ4n) is 0.761. The molecule has 0 saturated heterocycles. The van der Waals surface area contributed by atoms with Gasteiger partial charge < -0.3 is 5.32 Å². The summed E-state index contributed by atoms with van der Waals surface area (Å²) in [7, 11) is 0. The lowest BCUT2D eigenvalue weighted by Crippen LogP contribution is -2.19. The Bertz CT molecular complexity index is 297. The van der Waals surface area contributed by atoms with Crippen molar-refractivity contribution in [2.75, 3.05) is 5.32 Å². The van der Waals surface area contributed by atoms with Gasteiger partial charge in [-0.3, -0.25) is 4.79 Å². The standard InChI is InChI=1S/C8H13N3OS/c1-4-5(2)7(12)9-8-11-10-6(3)13-8/h5H,4H2,1-3H3,(H,9,11,12)/t5-/m0/s1. The Morgan fingerprint density at radius 3 is 2.77 bits per heavy atom. The summed E-state index contributed by atoms with van der Waals surface area (Å²) in [5, 5.41) is 11.8. The van der Waals surface area contributed by atoms with E-state index in [0.717, 1.165) is 11.4 Å². The van der Waals surface area contributed by atoms with Crippen LogP contribution >= 0.6 is 11.3 Å². The lowest BCUT2D eigenvalue weighted by molar-refractivity contribution is -0.119. The highest BCUT2D eigenvalue weighted by Crippen LogP contribution is 2.15. The maximum Gasteiger partial charge on any atom is 0.229 e. The van der Waals surface area contributed by atoms with Crippen molar-refractivity contribution in [1.82, 2.24) is 10.2 Å². The molecule has 0 aliphatic carbocycles. The lowest BCUT2D eigenvalue weighted by atomic mass is 10.1. The average molecular weight is 199 g/mol. The molecule has 0 spiro atoms. The molecule has 13 heavy (non-hydrogen) atoms. The molecule has 1 aromatic heterocycles. The van der Waals surface area contributed by atoms with Crippen molar-refractivity contribution >= 4 is 22.4 Å². The molecule has 5 heteroatoms. The van der Waals surface area contributed by atoms with E-state index in [4.69, 9.17) is 0 Å². The molecule has 0 aliphatic rings. The van der Waals surface area contributed by atoms with Crippen LogP contribution in [0.15, 0.2) is 0 Å². The molecule has 1 amide bonds. The van der Waals surface area contributed by atoms with Crippen LogP contribution in [0.25, 0.3) is 0 Å². The molecule has 0 fully saturated rings. The van der Waals surface area contributed by atoms with E-state index in [9.17, 15) is 4.79 Å². The monoisotopic (exact) mass is 199 g/mol. The minimum atomic E-state index is 0.0126. The third-order valence-electron chi connectivity index (χ3n) is 1.82. The fraction of sp³-hybridized carbons (Fsp3) is 0.625. The Balaban J connectivity index is 2.54. The van der Waals surface area contributed by atoms with Crippen molar-refractivity contribution in [3.05, 3.63) is 5.01 Å².